The van der Waals surface area contributed by atoms with Crippen molar-refractivity contribution in [1.82, 2.24) is 9.97 Å². The van der Waals surface area contributed by atoms with Crippen LogP contribution >= 0.6 is 11.8 Å². The van der Waals surface area contributed by atoms with E-state index in [2.05, 4.69) is 186 Å². The molecule has 57 heavy (non-hydrogen) atoms. The van der Waals surface area contributed by atoms with Gasteiger partial charge in [-0.1, -0.05) is 151 Å². The summed E-state index contributed by atoms with van der Waals surface area (Å²) < 4.78 is 0. The van der Waals surface area contributed by atoms with E-state index < -0.39 is 5.41 Å². The van der Waals surface area contributed by atoms with Gasteiger partial charge in [0.2, 0.25) is 6.71 Å². The summed E-state index contributed by atoms with van der Waals surface area (Å²) in [5, 5.41) is 1.11. The van der Waals surface area contributed by atoms with Crippen LogP contribution in [0.25, 0.3) is 10.9 Å². The van der Waals surface area contributed by atoms with Crippen LogP contribution in [0.5, 0.6) is 0 Å². The number of benzene rings is 7. The first-order chi connectivity index (χ1) is 28.3. The summed E-state index contributed by atoms with van der Waals surface area (Å²) >= 11 is 1.87. The van der Waals surface area contributed by atoms with Gasteiger partial charge in [-0.25, -0.2) is 0 Å². The molecule has 6 heteroatoms. The van der Waals surface area contributed by atoms with Gasteiger partial charge in [0.25, 0.3) is 0 Å². The van der Waals surface area contributed by atoms with E-state index in [4.69, 9.17) is 9.97 Å². The third kappa shape index (κ3) is 4.53. The summed E-state index contributed by atoms with van der Waals surface area (Å²) in [6.07, 6.45) is 5.78. The number of para-hydroxylation sites is 3. The minimum atomic E-state index is -0.647. The van der Waals surface area contributed by atoms with Crippen LogP contribution < -0.4 is 26.2 Å². The number of hydrogen-bond acceptors (Lipinski definition) is 5. The van der Waals surface area contributed by atoms with Crippen molar-refractivity contribution in [3.8, 4) is 0 Å². The molecule has 0 unspecified atom stereocenters. The molecule has 2 aromatic heterocycles. The highest BCUT2D eigenvalue weighted by Gasteiger charge is 2.53. The van der Waals surface area contributed by atoms with Gasteiger partial charge in [0, 0.05) is 28.4 Å². The molecule has 0 aliphatic carbocycles. The first kappa shape index (κ1) is 32.4. The van der Waals surface area contributed by atoms with Crippen LogP contribution in [0.15, 0.2) is 210 Å². The molecule has 4 nitrogen and oxygen atoms in total. The molecule has 0 bridgehead atoms. The van der Waals surface area contributed by atoms with E-state index in [1.54, 1.807) is 0 Å². The summed E-state index contributed by atoms with van der Waals surface area (Å²) in [6, 6.07) is 66.8. The van der Waals surface area contributed by atoms with Gasteiger partial charge in [-0.15, -0.1) is 0 Å². The molecule has 0 saturated heterocycles. The third-order valence-corrected chi connectivity index (χ3v) is 13.3. The predicted molar refractivity (Wildman–Crippen MR) is 236 cm³/mol. The number of hydrogen-bond donors (Lipinski definition) is 0. The summed E-state index contributed by atoms with van der Waals surface area (Å²) in [5.41, 5.74) is 16.0. The highest BCUT2D eigenvalue weighted by molar-refractivity contribution is 8.00. The Kier molecular flexibility index (Phi) is 7.14. The fourth-order valence-electron chi connectivity index (χ4n) is 9.93. The summed E-state index contributed by atoms with van der Waals surface area (Å²) in [7, 11) is 0. The topological polar surface area (TPSA) is 32.3 Å². The van der Waals surface area contributed by atoms with E-state index >= 15 is 0 Å². The molecule has 3 aliphatic heterocycles. The lowest BCUT2D eigenvalue weighted by Gasteiger charge is -2.50. The maximum atomic E-state index is 5.03. The zero-order valence-electron chi connectivity index (χ0n) is 30.8. The van der Waals surface area contributed by atoms with Crippen molar-refractivity contribution >= 4 is 79.9 Å². The Morgan fingerprint density at radius 2 is 1.18 bits per heavy atom. The van der Waals surface area contributed by atoms with Crippen molar-refractivity contribution < 1.29 is 0 Å². The molecule has 0 N–H and O–H groups in total. The molecule has 0 fully saturated rings. The molecule has 9 aromatic rings. The second-order valence-corrected chi connectivity index (χ2v) is 16.0. The van der Waals surface area contributed by atoms with Gasteiger partial charge in [0.05, 0.1) is 50.5 Å². The minimum absolute atomic E-state index is 0.00777. The Bertz CT molecular complexity index is 2980. The van der Waals surface area contributed by atoms with Crippen LogP contribution in [0, 0.1) is 0 Å². The second kappa shape index (κ2) is 12.6. The van der Waals surface area contributed by atoms with Gasteiger partial charge in [-0.2, -0.15) is 0 Å². The number of aromatic nitrogens is 2. The van der Waals surface area contributed by atoms with Crippen molar-refractivity contribution in [2.75, 3.05) is 9.80 Å². The van der Waals surface area contributed by atoms with Gasteiger partial charge in [0.15, 0.2) is 0 Å². The van der Waals surface area contributed by atoms with Crippen LogP contribution in [-0.4, -0.2) is 16.7 Å². The molecule has 0 radical (unpaired) electrons. The molecule has 0 amide bonds. The fourth-order valence-corrected chi connectivity index (χ4v) is 11.1. The summed E-state index contributed by atoms with van der Waals surface area (Å²) in [5.74, 6) is 0. The molecule has 266 valence electrons. The van der Waals surface area contributed by atoms with Gasteiger partial charge in [0.1, 0.15) is 0 Å². The standard InChI is InChI=1S/C51H33BN4S/c1-3-18-35(19-4-1)51(36-20-5-2-6-21-36)38-23-7-8-24-40(38)52-41-25-9-10-26-42(41)55(37-22-15-30-53-33-37)49-47(52)39(51)32-45-50(49)57-46-29-12-11-27-43(46)56(45)44-28-13-16-34-17-14-31-54-48(34)44/h1-33H. The van der Waals surface area contributed by atoms with Gasteiger partial charge in [-0.3, -0.25) is 9.97 Å². The summed E-state index contributed by atoms with van der Waals surface area (Å²) in [4.78, 5) is 17.1. The zero-order chi connectivity index (χ0) is 37.5. The van der Waals surface area contributed by atoms with E-state index in [-0.39, 0.29) is 6.71 Å². The average molecular weight is 745 g/mol. The number of fused-ring (bicyclic) bond motifs is 8. The van der Waals surface area contributed by atoms with Crippen LogP contribution in [0.3, 0.4) is 0 Å². The molecule has 3 aliphatic rings. The SMILES string of the molecule is c1ccc(C2(c3ccccc3)c3ccccc3B3c4ccccc4N(c4cccnc4)c4c5c(cc2c43)N(c2cccc3cccnc23)c2ccccc2S5)cc1. The fraction of sp³-hybridized carbons (Fsp3) is 0.0196. The largest absolute Gasteiger partial charge is 0.309 e. The smallest absolute Gasteiger partial charge is 0.247 e. The van der Waals surface area contributed by atoms with E-state index in [0.717, 1.165) is 33.7 Å². The number of rotatable bonds is 4. The monoisotopic (exact) mass is 744 g/mol. The highest BCUT2D eigenvalue weighted by atomic mass is 32.2. The first-order valence-corrected chi connectivity index (χ1v) is 20.3. The van der Waals surface area contributed by atoms with Crippen LogP contribution in [0.2, 0.25) is 0 Å². The van der Waals surface area contributed by atoms with E-state index in [1.165, 1.54) is 59.8 Å². The molecule has 7 aromatic carbocycles. The van der Waals surface area contributed by atoms with Gasteiger partial charge < -0.3 is 9.80 Å². The average Bonchev–Trinajstić information content (AvgIpc) is 3.29. The molecule has 0 saturated carbocycles. The maximum absolute atomic E-state index is 5.03. The molecular formula is C51H33BN4S. The van der Waals surface area contributed by atoms with Gasteiger partial charge in [-0.05, 0) is 81.7 Å². The second-order valence-electron chi connectivity index (χ2n) is 14.9. The van der Waals surface area contributed by atoms with Crippen molar-refractivity contribution in [2.45, 2.75) is 15.2 Å². The number of pyridine rings is 2. The van der Waals surface area contributed by atoms with E-state index in [9.17, 15) is 0 Å². The number of anilines is 6. The van der Waals surface area contributed by atoms with Gasteiger partial charge >= 0.3 is 0 Å². The lowest BCUT2D eigenvalue weighted by atomic mass is 9.29. The highest BCUT2D eigenvalue weighted by Crippen LogP contribution is 2.60. The third-order valence-electron chi connectivity index (χ3n) is 12.1. The Hall–Kier alpha value is -6.89. The quantitative estimate of drug-likeness (QED) is 0.168. The molecule has 5 heterocycles. The molecular weight excluding hydrogens is 711 g/mol. The van der Waals surface area contributed by atoms with Crippen molar-refractivity contribution in [1.29, 1.82) is 0 Å². The van der Waals surface area contributed by atoms with Crippen molar-refractivity contribution in [3.05, 3.63) is 223 Å². The summed E-state index contributed by atoms with van der Waals surface area (Å²) in [6.45, 7) is -0.00777. The van der Waals surface area contributed by atoms with Crippen molar-refractivity contribution in [3.63, 3.8) is 0 Å². The van der Waals surface area contributed by atoms with E-state index in [1.807, 2.05) is 36.4 Å². The van der Waals surface area contributed by atoms with Crippen LogP contribution in [0.1, 0.15) is 22.3 Å². The maximum Gasteiger partial charge on any atom is 0.247 e. The van der Waals surface area contributed by atoms with Crippen LogP contribution in [-0.2, 0) is 5.41 Å². The Labute approximate surface area is 336 Å². The minimum Gasteiger partial charge on any atom is -0.309 e. The lowest BCUT2D eigenvalue weighted by Crippen LogP contribution is -2.65. The lowest BCUT2D eigenvalue weighted by molar-refractivity contribution is 0.749. The first-order valence-electron chi connectivity index (χ1n) is 19.4. The Morgan fingerprint density at radius 1 is 0.509 bits per heavy atom. The number of nitrogens with zero attached hydrogens (tertiary/aromatic N) is 4. The molecule has 12 rings (SSSR count). The van der Waals surface area contributed by atoms with Crippen LogP contribution in [0.4, 0.5) is 34.1 Å². The molecule has 0 spiro atoms. The van der Waals surface area contributed by atoms with Crippen molar-refractivity contribution in [2.24, 2.45) is 0 Å². The predicted octanol–water partition coefficient (Wildman–Crippen LogP) is 10.6. The molecule has 0 atom stereocenters. The Balaban J connectivity index is 1.31. The zero-order valence-corrected chi connectivity index (χ0v) is 31.6. The normalized spacial score (nSPS) is 14.3. The van der Waals surface area contributed by atoms with E-state index in [0.29, 0.717) is 0 Å². The Morgan fingerprint density at radius 3 is 1.96 bits per heavy atom.